The Kier molecular flexibility index (Phi) is 5.01. The summed E-state index contributed by atoms with van der Waals surface area (Å²) in [5.41, 5.74) is 3.68. The van der Waals surface area contributed by atoms with E-state index >= 15 is 0 Å². The van der Waals surface area contributed by atoms with E-state index in [4.69, 9.17) is 9.47 Å². The molecule has 0 heterocycles. The maximum Gasteiger partial charge on any atom is 0.123 e. The number of carbonyl (C=O) groups excluding carboxylic acids is 1. The van der Waals surface area contributed by atoms with Crippen LogP contribution in [0.3, 0.4) is 0 Å². The van der Waals surface area contributed by atoms with E-state index in [0.29, 0.717) is 5.92 Å². The number of aldehydes is 1. The summed E-state index contributed by atoms with van der Waals surface area (Å²) >= 11 is 0. The minimum absolute atomic E-state index is 0.000734. The van der Waals surface area contributed by atoms with Crippen LogP contribution in [0.15, 0.2) is 42.0 Å². The molecule has 26 heavy (non-hydrogen) atoms. The van der Waals surface area contributed by atoms with Crippen LogP contribution in [-0.2, 0) is 4.79 Å². The van der Waals surface area contributed by atoms with E-state index in [9.17, 15) is 4.79 Å². The Morgan fingerprint density at radius 3 is 2.58 bits per heavy atom. The van der Waals surface area contributed by atoms with Gasteiger partial charge in [0.15, 0.2) is 0 Å². The molecular formula is C23H30O3. The minimum Gasteiger partial charge on any atom is -0.497 e. The molecule has 2 unspecified atom stereocenters. The number of hydrogen-bond donors (Lipinski definition) is 0. The Morgan fingerprint density at radius 1 is 1.23 bits per heavy atom. The number of fused-ring (bicyclic) bond motifs is 1. The van der Waals surface area contributed by atoms with Crippen molar-refractivity contribution in [1.82, 2.24) is 0 Å². The van der Waals surface area contributed by atoms with Crippen LogP contribution in [0.5, 0.6) is 11.5 Å². The van der Waals surface area contributed by atoms with Crippen LogP contribution < -0.4 is 9.47 Å². The molecule has 0 aromatic heterocycles. The molecule has 1 aromatic carbocycles. The molecule has 1 saturated carbocycles. The van der Waals surface area contributed by atoms with Crippen molar-refractivity contribution in [2.24, 2.45) is 23.2 Å². The highest BCUT2D eigenvalue weighted by atomic mass is 16.5. The summed E-state index contributed by atoms with van der Waals surface area (Å²) in [5.74, 6) is 2.19. The highest BCUT2D eigenvalue weighted by molar-refractivity contribution is 5.60. The summed E-state index contributed by atoms with van der Waals surface area (Å²) in [5, 5.41) is 0. The average Bonchev–Trinajstić information content (AvgIpc) is 2.80. The second kappa shape index (κ2) is 6.94. The Labute approximate surface area is 157 Å². The largest absolute Gasteiger partial charge is 0.497 e. The smallest absolute Gasteiger partial charge is 0.123 e. The second-order valence-corrected chi connectivity index (χ2v) is 8.37. The maximum absolute atomic E-state index is 12.0. The van der Waals surface area contributed by atoms with E-state index in [1.807, 2.05) is 12.1 Å². The SMILES string of the molecule is C=C1[C@H](C)CC=C2C(C(C=O)CC2(C)C)[C@@H]1c1cc(OC)ccc1OC. The Morgan fingerprint density at radius 2 is 1.96 bits per heavy atom. The van der Waals surface area contributed by atoms with Gasteiger partial charge in [0.25, 0.3) is 0 Å². The Balaban J connectivity index is 2.21. The van der Waals surface area contributed by atoms with E-state index in [0.717, 1.165) is 36.2 Å². The number of ether oxygens (including phenoxy) is 2. The zero-order valence-corrected chi connectivity index (χ0v) is 16.5. The van der Waals surface area contributed by atoms with Crippen LogP contribution in [0.25, 0.3) is 0 Å². The molecule has 0 spiro atoms. The Bertz CT molecular complexity index is 744. The fraction of sp³-hybridized carbons (Fsp3) is 0.522. The van der Waals surface area contributed by atoms with Gasteiger partial charge in [0.1, 0.15) is 17.8 Å². The van der Waals surface area contributed by atoms with Crippen molar-refractivity contribution >= 4 is 6.29 Å². The standard InChI is InChI=1S/C23H30O3/c1-14-7-9-19-22(16(13-24)12-23(19,3)4)21(15(14)2)18-11-17(25-5)8-10-20(18)26-6/h8-11,13-14,16,21-22H,2,7,12H2,1,3-6H3/t14-,16?,21+,22?/m1/s1. The van der Waals surface area contributed by atoms with Crippen LogP contribution in [0.4, 0.5) is 0 Å². The molecule has 3 nitrogen and oxygen atoms in total. The van der Waals surface area contributed by atoms with Gasteiger partial charge < -0.3 is 14.3 Å². The third-order valence-corrected chi connectivity index (χ3v) is 6.38. The van der Waals surface area contributed by atoms with Gasteiger partial charge in [0.05, 0.1) is 14.2 Å². The zero-order valence-electron chi connectivity index (χ0n) is 16.5. The molecule has 0 amide bonds. The van der Waals surface area contributed by atoms with Crippen molar-refractivity contribution < 1.29 is 14.3 Å². The lowest BCUT2D eigenvalue weighted by Gasteiger charge is -2.32. The molecular weight excluding hydrogens is 324 g/mol. The summed E-state index contributed by atoms with van der Waals surface area (Å²) in [6.07, 6.45) is 5.38. The molecule has 3 heteroatoms. The van der Waals surface area contributed by atoms with E-state index in [1.54, 1.807) is 14.2 Å². The number of carbonyl (C=O) groups is 1. The fourth-order valence-electron chi connectivity index (χ4n) is 4.96. The van der Waals surface area contributed by atoms with Gasteiger partial charge in [-0.2, -0.15) is 0 Å². The summed E-state index contributed by atoms with van der Waals surface area (Å²) in [4.78, 5) is 12.0. The van der Waals surface area contributed by atoms with Gasteiger partial charge in [-0.25, -0.2) is 0 Å². The van der Waals surface area contributed by atoms with Gasteiger partial charge in [0, 0.05) is 23.3 Å². The van der Waals surface area contributed by atoms with Crippen molar-refractivity contribution in [3.05, 3.63) is 47.6 Å². The lowest BCUT2D eigenvalue weighted by atomic mass is 9.72. The second-order valence-electron chi connectivity index (χ2n) is 8.37. The molecule has 1 aromatic rings. The molecule has 0 saturated heterocycles. The molecule has 0 bridgehead atoms. The first kappa shape index (κ1) is 18.8. The topological polar surface area (TPSA) is 35.5 Å². The molecule has 3 rings (SSSR count). The van der Waals surface area contributed by atoms with Crippen LogP contribution in [0.2, 0.25) is 0 Å². The van der Waals surface area contributed by atoms with Gasteiger partial charge in [-0.3, -0.25) is 0 Å². The van der Waals surface area contributed by atoms with Gasteiger partial charge >= 0.3 is 0 Å². The monoisotopic (exact) mass is 354 g/mol. The van der Waals surface area contributed by atoms with Crippen LogP contribution in [-0.4, -0.2) is 20.5 Å². The van der Waals surface area contributed by atoms with E-state index in [1.165, 1.54) is 11.1 Å². The van der Waals surface area contributed by atoms with Gasteiger partial charge in [-0.05, 0) is 42.4 Å². The summed E-state index contributed by atoms with van der Waals surface area (Å²) in [6.45, 7) is 11.2. The van der Waals surface area contributed by atoms with Crippen molar-refractivity contribution in [2.45, 2.75) is 39.5 Å². The van der Waals surface area contributed by atoms with Gasteiger partial charge in [-0.15, -0.1) is 0 Å². The number of rotatable bonds is 4. The van der Waals surface area contributed by atoms with Gasteiger partial charge in [-0.1, -0.05) is 44.6 Å². The van der Waals surface area contributed by atoms with Crippen molar-refractivity contribution in [1.29, 1.82) is 0 Å². The fourth-order valence-corrected chi connectivity index (χ4v) is 4.96. The molecule has 2 aliphatic carbocycles. The number of allylic oxidation sites excluding steroid dienone is 3. The highest BCUT2D eigenvalue weighted by Gasteiger charge is 2.49. The van der Waals surface area contributed by atoms with Crippen LogP contribution in [0.1, 0.15) is 45.1 Å². The molecule has 0 N–H and O–H groups in total. The molecule has 0 radical (unpaired) electrons. The number of hydrogen-bond acceptors (Lipinski definition) is 3. The lowest BCUT2D eigenvalue weighted by Crippen LogP contribution is -2.23. The third-order valence-electron chi connectivity index (χ3n) is 6.38. The summed E-state index contributed by atoms with van der Waals surface area (Å²) < 4.78 is 11.2. The van der Waals surface area contributed by atoms with E-state index < -0.39 is 0 Å². The maximum atomic E-state index is 12.0. The average molecular weight is 354 g/mol. The zero-order chi connectivity index (χ0) is 19.1. The quantitative estimate of drug-likeness (QED) is 0.553. The Hall–Kier alpha value is -2.03. The van der Waals surface area contributed by atoms with E-state index in [2.05, 4.69) is 39.5 Å². The molecule has 4 atom stereocenters. The first-order valence-corrected chi connectivity index (χ1v) is 9.40. The van der Waals surface area contributed by atoms with Crippen molar-refractivity contribution in [3.8, 4) is 11.5 Å². The minimum atomic E-state index is -0.000734. The first-order valence-electron chi connectivity index (χ1n) is 9.40. The molecule has 2 aliphatic rings. The number of methoxy groups -OCH3 is 2. The predicted octanol–water partition coefficient (Wildman–Crippen LogP) is 5.17. The van der Waals surface area contributed by atoms with Crippen molar-refractivity contribution in [2.75, 3.05) is 14.2 Å². The van der Waals surface area contributed by atoms with Crippen molar-refractivity contribution in [3.63, 3.8) is 0 Å². The third kappa shape index (κ3) is 2.98. The summed E-state index contributed by atoms with van der Waals surface area (Å²) in [7, 11) is 3.37. The lowest BCUT2D eigenvalue weighted by molar-refractivity contribution is -0.112. The first-order chi connectivity index (χ1) is 12.3. The summed E-state index contributed by atoms with van der Waals surface area (Å²) in [6, 6.07) is 5.92. The van der Waals surface area contributed by atoms with Crippen LogP contribution in [0, 0.1) is 23.2 Å². The molecule has 1 fully saturated rings. The normalized spacial score (nSPS) is 30.2. The van der Waals surface area contributed by atoms with Crippen LogP contribution >= 0.6 is 0 Å². The number of benzene rings is 1. The van der Waals surface area contributed by atoms with E-state index in [-0.39, 0.29) is 23.2 Å². The highest BCUT2D eigenvalue weighted by Crippen LogP contribution is 2.59. The molecule has 0 aliphatic heterocycles. The predicted molar refractivity (Wildman–Crippen MR) is 105 cm³/mol. The molecule has 140 valence electrons. The van der Waals surface area contributed by atoms with Gasteiger partial charge in [0.2, 0.25) is 0 Å².